The van der Waals surface area contributed by atoms with Crippen LogP contribution in [0, 0.1) is 11.6 Å². The van der Waals surface area contributed by atoms with E-state index in [0.29, 0.717) is 37.4 Å². The SMILES string of the molecule is O=C(COc1ccc(Cl)c(F)c1)NC12CCC(NC(=O)COc3ccc(Cl)c(F)c3)(CC1)[C@H](OC(=O)OCCCBr)C2. The quantitative estimate of drug-likeness (QED) is 0.166. The Kier molecular flexibility index (Phi) is 10.8. The molecule has 2 bridgehead atoms. The first-order valence-electron chi connectivity index (χ1n) is 13.2. The van der Waals surface area contributed by atoms with Crippen LogP contribution in [0.2, 0.25) is 10.0 Å². The van der Waals surface area contributed by atoms with E-state index in [1.54, 1.807) is 0 Å². The van der Waals surface area contributed by atoms with Crippen molar-refractivity contribution >= 4 is 57.1 Å². The van der Waals surface area contributed by atoms with Gasteiger partial charge in [0.2, 0.25) is 0 Å². The predicted molar refractivity (Wildman–Crippen MR) is 153 cm³/mol. The molecule has 2 amide bonds. The Hall–Kier alpha value is -2.83. The van der Waals surface area contributed by atoms with E-state index in [4.69, 9.17) is 42.1 Å². The van der Waals surface area contributed by atoms with Crippen molar-refractivity contribution in [3.05, 3.63) is 58.1 Å². The summed E-state index contributed by atoms with van der Waals surface area (Å²) in [5.41, 5.74) is -1.65. The van der Waals surface area contributed by atoms with Gasteiger partial charge in [0.05, 0.1) is 22.2 Å². The van der Waals surface area contributed by atoms with Gasteiger partial charge in [-0.25, -0.2) is 13.6 Å². The topological polar surface area (TPSA) is 112 Å². The second-order valence-electron chi connectivity index (χ2n) is 10.2. The second kappa shape index (κ2) is 14.1. The van der Waals surface area contributed by atoms with E-state index in [2.05, 4.69) is 26.6 Å². The molecule has 14 heteroatoms. The van der Waals surface area contributed by atoms with Crippen LogP contribution in [0.15, 0.2) is 36.4 Å². The molecule has 2 N–H and O–H groups in total. The van der Waals surface area contributed by atoms with Crippen molar-refractivity contribution in [1.29, 1.82) is 0 Å². The molecule has 3 saturated carbocycles. The second-order valence-corrected chi connectivity index (χ2v) is 11.8. The zero-order valence-electron chi connectivity index (χ0n) is 22.4. The average molecular weight is 694 g/mol. The summed E-state index contributed by atoms with van der Waals surface area (Å²) in [6, 6.07) is 7.71. The summed E-state index contributed by atoms with van der Waals surface area (Å²) in [5, 5.41) is 6.46. The molecule has 3 fully saturated rings. The van der Waals surface area contributed by atoms with Crippen LogP contribution in [-0.4, -0.2) is 60.3 Å². The minimum atomic E-state index is -0.927. The monoisotopic (exact) mass is 692 g/mol. The Labute approximate surface area is 259 Å². The summed E-state index contributed by atoms with van der Waals surface area (Å²) in [4.78, 5) is 38.3. The first-order valence-corrected chi connectivity index (χ1v) is 15.1. The summed E-state index contributed by atoms with van der Waals surface area (Å²) < 4.78 is 49.2. The fraction of sp³-hybridized carbons (Fsp3) is 0.464. The van der Waals surface area contributed by atoms with Gasteiger partial charge in [0.15, 0.2) is 13.2 Å². The first kappa shape index (κ1) is 32.1. The van der Waals surface area contributed by atoms with Crippen LogP contribution >= 0.6 is 39.1 Å². The Morgan fingerprint density at radius 2 is 1.43 bits per heavy atom. The molecule has 3 aliphatic rings. The van der Waals surface area contributed by atoms with Crippen LogP contribution in [-0.2, 0) is 19.1 Å². The first-order chi connectivity index (χ1) is 20.0. The number of ether oxygens (including phenoxy) is 4. The van der Waals surface area contributed by atoms with Gasteiger partial charge in [0.25, 0.3) is 11.8 Å². The van der Waals surface area contributed by atoms with Gasteiger partial charge in [-0.3, -0.25) is 9.59 Å². The van der Waals surface area contributed by atoms with Crippen molar-refractivity contribution in [2.75, 3.05) is 25.2 Å². The molecule has 3 aliphatic carbocycles. The number of fused-ring (bicyclic) bond motifs is 3. The van der Waals surface area contributed by atoms with Crippen molar-refractivity contribution in [1.82, 2.24) is 10.6 Å². The number of carbonyl (C=O) groups is 3. The predicted octanol–water partition coefficient (Wildman–Crippen LogP) is 5.72. The molecular weight excluding hydrogens is 665 g/mol. The number of hydrogen-bond donors (Lipinski definition) is 2. The normalized spacial score (nSPS) is 22.6. The molecule has 0 unspecified atom stereocenters. The molecular formula is C28H29BrCl2F2N2O7. The highest BCUT2D eigenvalue weighted by Crippen LogP contribution is 2.48. The zero-order valence-corrected chi connectivity index (χ0v) is 25.5. The number of hydrogen-bond acceptors (Lipinski definition) is 7. The van der Waals surface area contributed by atoms with E-state index in [9.17, 15) is 23.2 Å². The van der Waals surface area contributed by atoms with Gasteiger partial charge in [-0.2, -0.15) is 0 Å². The van der Waals surface area contributed by atoms with Gasteiger partial charge in [0, 0.05) is 29.4 Å². The Morgan fingerprint density at radius 1 is 0.881 bits per heavy atom. The fourth-order valence-electron chi connectivity index (χ4n) is 5.22. The van der Waals surface area contributed by atoms with Crippen LogP contribution in [0.5, 0.6) is 11.5 Å². The average Bonchev–Trinajstić information content (AvgIpc) is 2.95. The van der Waals surface area contributed by atoms with Crippen LogP contribution in [0.1, 0.15) is 38.5 Å². The van der Waals surface area contributed by atoms with Gasteiger partial charge in [-0.05, 0) is 56.4 Å². The van der Waals surface area contributed by atoms with Crippen molar-refractivity contribution in [3.8, 4) is 11.5 Å². The third-order valence-electron chi connectivity index (χ3n) is 7.34. The number of nitrogens with one attached hydrogen (secondary N) is 2. The molecule has 0 saturated heterocycles. The lowest BCUT2D eigenvalue weighted by Crippen LogP contribution is -2.71. The van der Waals surface area contributed by atoms with Crippen LogP contribution in [0.25, 0.3) is 0 Å². The molecule has 42 heavy (non-hydrogen) atoms. The maximum Gasteiger partial charge on any atom is 0.508 e. The standard InChI is InChI=1S/C28H29BrCl2F2N2O7/c29-10-1-11-39-26(38)42-23-14-27(34-24(36)15-40-17-2-4-19(30)21(32)12-17)6-8-28(23,9-7-27)35-25(37)16-41-18-3-5-20(31)22(33)13-18/h2-5,12-13,23H,1,6-11,14-16H2,(H,34,36)(H,35,37)/t23-,27?,28?/m1/s1. The fourth-order valence-corrected chi connectivity index (χ4v) is 5.69. The van der Waals surface area contributed by atoms with Crippen molar-refractivity contribution < 1.29 is 42.1 Å². The van der Waals surface area contributed by atoms with Gasteiger partial charge in [0.1, 0.15) is 29.2 Å². The summed E-state index contributed by atoms with van der Waals surface area (Å²) in [6.07, 6.45) is 0.832. The van der Waals surface area contributed by atoms with Gasteiger partial charge >= 0.3 is 6.16 Å². The molecule has 1 atom stereocenters. The van der Waals surface area contributed by atoms with Crippen LogP contribution in [0.3, 0.4) is 0 Å². The Balaban J connectivity index is 1.40. The highest BCUT2D eigenvalue weighted by molar-refractivity contribution is 9.09. The number of benzene rings is 2. The van der Waals surface area contributed by atoms with Gasteiger partial charge < -0.3 is 29.6 Å². The van der Waals surface area contributed by atoms with E-state index < -0.39 is 53.4 Å². The van der Waals surface area contributed by atoms with Crippen molar-refractivity contribution in [3.63, 3.8) is 0 Å². The van der Waals surface area contributed by atoms with E-state index in [-0.39, 0.29) is 41.2 Å². The molecule has 0 spiro atoms. The molecule has 9 nitrogen and oxygen atoms in total. The lowest BCUT2D eigenvalue weighted by atomic mass is 9.59. The largest absolute Gasteiger partial charge is 0.508 e. The van der Waals surface area contributed by atoms with Crippen LogP contribution < -0.4 is 20.1 Å². The van der Waals surface area contributed by atoms with Crippen molar-refractivity contribution in [2.24, 2.45) is 0 Å². The molecule has 0 radical (unpaired) electrons. The lowest BCUT2D eigenvalue weighted by molar-refractivity contribution is -0.139. The molecule has 5 rings (SSSR count). The maximum atomic E-state index is 13.7. The number of amides is 2. The number of halogens is 5. The number of carbonyl (C=O) groups excluding carboxylic acids is 3. The third-order valence-corrected chi connectivity index (χ3v) is 8.52. The summed E-state index contributed by atoms with van der Waals surface area (Å²) in [6.45, 7) is -0.630. The van der Waals surface area contributed by atoms with E-state index in [0.717, 1.165) is 12.1 Å². The zero-order chi connectivity index (χ0) is 30.3. The Bertz CT molecular complexity index is 1310. The van der Waals surface area contributed by atoms with E-state index in [1.807, 2.05) is 0 Å². The smallest absolute Gasteiger partial charge is 0.484 e. The molecule has 2 aromatic rings. The minimum Gasteiger partial charge on any atom is -0.484 e. The molecule has 0 heterocycles. The molecule has 2 aromatic carbocycles. The highest BCUT2D eigenvalue weighted by Gasteiger charge is 2.57. The molecule has 0 aromatic heterocycles. The number of alkyl halides is 1. The third kappa shape index (κ3) is 8.17. The highest BCUT2D eigenvalue weighted by atomic mass is 79.9. The minimum absolute atomic E-state index is 0.0622. The maximum absolute atomic E-state index is 13.7. The summed E-state index contributed by atoms with van der Waals surface area (Å²) in [5.74, 6) is -2.00. The molecule has 228 valence electrons. The van der Waals surface area contributed by atoms with E-state index >= 15 is 0 Å². The summed E-state index contributed by atoms with van der Waals surface area (Å²) in [7, 11) is 0. The Morgan fingerprint density at radius 3 is 1.95 bits per heavy atom. The molecule has 0 aliphatic heterocycles. The van der Waals surface area contributed by atoms with Gasteiger partial charge in [-0.1, -0.05) is 39.1 Å². The van der Waals surface area contributed by atoms with Crippen molar-refractivity contribution in [2.45, 2.75) is 55.7 Å². The lowest BCUT2D eigenvalue weighted by Gasteiger charge is -2.56. The van der Waals surface area contributed by atoms with E-state index in [1.165, 1.54) is 24.3 Å². The summed E-state index contributed by atoms with van der Waals surface area (Å²) >= 11 is 14.7. The van der Waals surface area contributed by atoms with Gasteiger partial charge in [-0.15, -0.1) is 0 Å². The number of rotatable bonds is 12. The van der Waals surface area contributed by atoms with Crippen LogP contribution in [0.4, 0.5) is 13.6 Å².